The number of fused-ring (bicyclic) bond motifs is 2. The fourth-order valence-corrected chi connectivity index (χ4v) is 6.72. The lowest BCUT2D eigenvalue weighted by molar-refractivity contribution is -0.0722. The van der Waals surface area contributed by atoms with Crippen LogP contribution in [0.4, 0.5) is 0 Å². The number of aromatic carboxylic acids is 1. The quantitative estimate of drug-likeness (QED) is 0.248. The van der Waals surface area contributed by atoms with E-state index in [2.05, 4.69) is 27.4 Å². The monoisotopic (exact) mass is 618 g/mol. The third kappa shape index (κ3) is 5.04. The van der Waals surface area contributed by atoms with Crippen LogP contribution in [0.2, 0.25) is 5.02 Å². The first-order valence-electron chi connectivity index (χ1n) is 15.0. The Balaban J connectivity index is 1.12. The number of carboxylic acid groups (broad SMARTS) is 1. The van der Waals surface area contributed by atoms with Crippen LogP contribution in [0.25, 0.3) is 11.0 Å². The molecule has 7 rings (SSSR count). The highest BCUT2D eigenvalue weighted by molar-refractivity contribution is 6.30. The van der Waals surface area contributed by atoms with Crippen molar-refractivity contribution in [1.82, 2.24) is 19.4 Å². The standard InChI is InChI=1S/C33H35ClN4O6/c1-19(31-36-29-25(38(31)18-23-11-14-42-23)15-21(32(39)40)16-27(29)41-3)37-12-9-20(10-13-37)24-5-4-6-26-30(24)44-33(2,43-26)28-8-7-22(34)17-35-28/h4-8,15-17,19-20,23H,9-14,18H2,1-3H3,(H,39,40)/t19-,23-,33?/m0/s1. The molecule has 2 saturated heterocycles. The molecule has 3 aliphatic heterocycles. The lowest BCUT2D eigenvalue weighted by atomic mass is 9.88. The predicted octanol–water partition coefficient (Wildman–Crippen LogP) is 6.17. The van der Waals surface area contributed by atoms with Crippen LogP contribution in [0, 0.1) is 0 Å². The number of methoxy groups -OCH3 is 1. The zero-order chi connectivity index (χ0) is 30.6. The fourth-order valence-electron chi connectivity index (χ4n) is 6.61. The van der Waals surface area contributed by atoms with E-state index in [9.17, 15) is 9.90 Å². The molecule has 4 aromatic rings. The highest BCUT2D eigenvalue weighted by atomic mass is 35.5. The Kier molecular flexibility index (Phi) is 7.39. The molecule has 44 heavy (non-hydrogen) atoms. The maximum atomic E-state index is 11.9. The number of pyridine rings is 1. The largest absolute Gasteiger partial charge is 0.494 e. The normalized spacial score (nSPS) is 22.6. The first-order valence-corrected chi connectivity index (χ1v) is 15.4. The third-order valence-electron chi connectivity index (χ3n) is 9.19. The van der Waals surface area contributed by atoms with Crippen LogP contribution in [0.15, 0.2) is 48.7 Å². The lowest BCUT2D eigenvalue weighted by Crippen LogP contribution is -2.37. The van der Waals surface area contributed by atoms with Gasteiger partial charge in [-0.25, -0.2) is 9.78 Å². The van der Waals surface area contributed by atoms with Crippen molar-refractivity contribution >= 4 is 28.6 Å². The number of piperidine rings is 1. The number of imidazole rings is 1. The number of carbonyl (C=O) groups is 1. The van der Waals surface area contributed by atoms with Crippen LogP contribution in [0.1, 0.15) is 72.5 Å². The van der Waals surface area contributed by atoms with Crippen molar-refractivity contribution in [2.45, 2.75) is 63.5 Å². The molecule has 2 aromatic heterocycles. The Labute approximate surface area is 260 Å². The molecule has 2 aromatic carbocycles. The van der Waals surface area contributed by atoms with Gasteiger partial charge in [0.05, 0.1) is 41.9 Å². The van der Waals surface area contributed by atoms with Crippen molar-refractivity contribution in [2.75, 3.05) is 26.8 Å². The summed E-state index contributed by atoms with van der Waals surface area (Å²) in [5.74, 6) is 1.13. The molecule has 0 spiro atoms. The van der Waals surface area contributed by atoms with E-state index < -0.39 is 11.8 Å². The van der Waals surface area contributed by atoms with Crippen LogP contribution in [-0.2, 0) is 17.1 Å². The average Bonchev–Trinajstić information content (AvgIpc) is 3.56. The topological polar surface area (TPSA) is 108 Å². The molecule has 10 nitrogen and oxygen atoms in total. The summed E-state index contributed by atoms with van der Waals surface area (Å²) in [6.45, 7) is 7.15. The van der Waals surface area contributed by atoms with Crippen LogP contribution < -0.4 is 14.2 Å². The molecule has 3 aliphatic rings. The second kappa shape index (κ2) is 11.3. The van der Waals surface area contributed by atoms with Gasteiger partial charge in [-0.3, -0.25) is 9.88 Å². The number of ether oxygens (including phenoxy) is 4. The van der Waals surface area contributed by atoms with E-state index in [0.717, 1.165) is 67.4 Å². The zero-order valence-electron chi connectivity index (χ0n) is 25.0. The molecule has 1 unspecified atom stereocenters. The van der Waals surface area contributed by atoms with E-state index >= 15 is 0 Å². The summed E-state index contributed by atoms with van der Waals surface area (Å²) in [5, 5.41) is 10.3. The Hall–Kier alpha value is -3.86. The maximum absolute atomic E-state index is 11.9. The van der Waals surface area contributed by atoms with Gasteiger partial charge in [0.1, 0.15) is 22.8 Å². The van der Waals surface area contributed by atoms with Gasteiger partial charge in [-0.15, -0.1) is 0 Å². The number of hydrogen-bond acceptors (Lipinski definition) is 8. The van der Waals surface area contributed by atoms with Gasteiger partial charge >= 0.3 is 5.97 Å². The third-order valence-corrected chi connectivity index (χ3v) is 9.41. The van der Waals surface area contributed by atoms with Crippen LogP contribution in [0.5, 0.6) is 17.2 Å². The number of aromatic nitrogens is 3. The average molecular weight is 619 g/mol. The Morgan fingerprint density at radius 1 is 1.18 bits per heavy atom. The molecule has 230 valence electrons. The van der Waals surface area contributed by atoms with Gasteiger partial charge in [0, 0.05) is 25.3 Å². The summed E-state index contributed by atoms with van der Waals surface area (Å²) >= 11 is 6.06. The molecule has 0 amide bonds. The zero-order valence-corrected chi connectivity index (χ0v) is 25.7. The number of halogens is 1. The van der Waals surface area contributed by atoms with E-state index in [-0.39, 0.29) is 17.7 Å². The van der Waals surface area contributed by atoms with Crippen molar-refractivity contribution in [1.29, 1.82) is 0 Å². The van der Waals surface area contributed by atoms with Gasteiger partial charge in [0.25, 0.3) is 5.79 Å². The lowest BCUT2D eigenvalue weighted by Gasteiger charge is -2.37. The Bertz CT molecular complexity index is 1710. The van der Waals surface area contributed by atoms with Crippen LogP contribution >= 0.6 is 11.6 Å². The highest BCUT2D eigenvalue weighted by Gasteiger charge is 2.42. The molecular formula is C33H35ClN4O6. The summed E-state index contributed by atoms with van der Waals surface area (Å²) in [4.78, 5) is 23.8. The fraction of sp³-hybridized carbons (Fsp3) is 0.424. The molecule has 2 fully saturated rings. The second-order valence-corrected chi connectivity index (χ2v) is 12.3. The first-order chi connectivity index (χ1) is 21.2. The Morgan fingerprint density at radius 2 is 1.98 bits per heavy atom. The summed E-state index contributed by atoms with van der Waals surface area (Å²) in [7, 11) is 1.55. The van der Waals surface area contributed by atoms with Crippen molar-refractivity contribution < 1.29 is 28.8 Å². The van der Waals surface area contributed by atoms with Gasteiger partial charge in [-0.1, -0.05) is 23.7 Å². The molecule has 0 bridgehead atoms. The second-order valence-electron chi connectivity index (χ2n) is 11.9. The van der Waals surface area contributed by atoms with Gasteiger partial charge in [-0.05, 0) is 75.5 Å². The van der Waals surface area contributed by atoms with Gasteiger partial charge < -0.3 is 28.6 Å². The molecule has 5 heterocycles. The minimum Gasteiger partial charge on any atom is -0.494 e. The number of hydrogen-bond donors (Lipinski definition) is 1. The smallest absolute Gasteiger partial charge is 0.335 e. The van der Waals surface area contributed by atoms with E-state index in [1.54, 1.807) is 31.5 Å². The molecule has 11 heteroatoms. The van der Waals surface area contributed by atoms with Gasteiger partial charge in [0.15, 0.2) is 11.5 Å². The summed E-state index contributed by atoms with van der Waals surface area (Å²) < 4.78 is 26.3. The maximum Gasteiger partial charge on any atom is 0.335 e. The number of nitrogens with zero attached hydrogens (tertiary/aromatic N) is 4. The molecular weight excluding hydrogens is 584 g/mol. The SMILES string of the molecule is COc1cc(C(=O)O)cc2c1nc([C@H](C)N1CCC(c3cccc4c3OC(C)(c3ccc(Cl)cn3)O4)CC1)n2C[C@@H]1CCO1. The van der Waals surface area contributed by atoms with E-state index in [0.29, 0.717) is 34.4 Å². The minimum atomic E-state index is -1.02. The highest BCUT2D eigenvalue weighted by Crippen LogP contribution is 2.49. The molecule has 1 N–H and O–H groups in total. The van der Waals surface area contributed by atoms with Crippen molar-refractivity contribution in [3.05, 3.63) is 76.3 Å². The predicted molar refractivity (Wildman–Crippen MR) is 164 cm³/mol. The molecule has 0 saturated carbocycles. The molecule has 0 radical (unpaired) electrons. The van der Waals surface area contributed by atoms with E-state index in [4.69, 9.17) is 35.5 Å². The Morgan fingerprint density at radius 3 is 2.64 bits per heavy atom. The van der Waals surface area contributed by atoms with Crippen molar-refractivity contribution in [3.63, 3.8) is 0 Å². The van der Waals surface area contributed by atoms with Gasteiger partial charge in [-0.2, -0.15) is 0 Å². The number of carboxylic acids is 1. The van der Waals surface area contributed by atoms with Crippen LogP contribution in [-0.4, -0.2) is 63.4 Å². The number of benzene rings is 2. The summed E-state index contributed by atoms with van der Waals surface area (Å²) in [5.41, 5.74) is 3.41. The molecule has 0 aliphatic carbocycles. The number of likely N-dealkylation sites (tertiary alicyclic amines) is 1. The van der Waals surface area contributed by atoms with E-state index in [1.807, 2.05) is 25.1 Å². The first kappa shape index (κ1) is 28.9. The molecule has 3 atom stereocenters. The van der Waals surface area contributed by atoms with Crippen LogP contribution in [0.3, 0.4) is 0 Å². The van der Waals surface area contributed by atoms with E-state index in [1.165, 1.54) is 0 Å². The van der Waals surface area contributed by atoms with Crippen molar-refractivity contribution in [3.8, 4) is 17.2 Å². The summed E-state index contributed by atoms with van der Waals surface area (Å²) in [6.07, 6.45) is 4.54. The minimum absolute atomic E-state index is 0.00162. The van der Waals surface area contributed by atoms with Crippen molar-refractivity contribution in [2.24, 2.45) is 0 Å². The number of para-hydroxylation sites is 1. The number of rotatable bonds is 8. The summed E-state index contributed by atoms with van der Waals surface area (Å²) in [6, 6.07) is 13.0. The van der Waals surface area contributed by atoms with Gasteiger partial charge in [0.2, 0.25) is 0 Å².